The molecule has 1 aromatic heterocycles. The van der Waals surface area contributed by atoms with Gasteiger partial charge in [0.25, 0.3) is 0 Å². The first-order valence-corrected chi connectivity index (χ1v) is 4.66. The number of aliphatic carboxylic acids is 1. The SMILES string of the molecule is CC(C)(Cc1cccs1)C(=O)O. The summed E-state index contributed by atoms with van der Waals surface area (Å²) in [5.74, 6) is -0.740. The number of thiophene rings is 1. The van der Waals surface area contributed by atoms with Gasteiger partial charge in [0.1, 0.15) is 0 Å². The molecule has 0 atom stereocenters. The molecule has 0 aliphatic rings. The number of hydrogen-bond donors (Lipinski definition) is 1. The highest BCUT2D eigenvalue weighted by molar-refractivity contribution is 7.09. The molecule has 0 aliphatic heterocycles. The summed E-state index contributed by atoms with van der Waals surface area (Å²) in [5.41, 5.74) is -0.648. The van der Waals surface area contributed by atoms with Crippen LogP contribution in [0.1, 0.15) is 18.7 Å². The molecule has 1 aromatic rings. The van der Waals surface area contributed by atoms with Crippen LogP contribution in [0.15, 0.2) is 17.5 Å². The Bertz CT molecular complexity index is 262. The maximum absolute atomic E-state index is 10.8. The van der Waals surface area contributed by atoms with Crippen molar-refractivity contribution in [1.82, 2.24) is 0 Å². The van der Waals surface area contributed by atoms with E-state index in [9.17, 15) is 4.79 Å². The smallest absolute Gasteiger partial charge is 0.309 e. The van der Waals surface area contributed by atoms with E-state index in [0.717, 1.165) is 4.88 Å². The maximum atomic E-state index is 10.8. The van der Waals surface area contributed by atoms with Crippen molar-refractivity contribution in [3.63, 3.8) is 0 Å². The fraction of sp³-hybridized carbons (Fsp3) is 0.444. The number of hydrogen-bond acceptors (Lipinski definition) is 2. The minimum Gasteiger partial charge on any atom is -0.481 e. The molecule has 0 aromatic carbocycles. The Morgan fingerprint density at radius 2 is 2.33 bits per heavy atom. The van der Waals surface area contributed by atoms with Crippen molar-refractivity contribution in [3.05, 3.63) is 22.4 Å². The summed E-state index contributed by atoms with van der Waals surface area (Å²) in [4.78, 5) is 11.9. The van der Waals surface area contributed by atoms with Gasteiger partial charge in [-0.25, -0.2) is 0 Å². The molecule has 0 radical (unpaired) electrons. The van der Waals surface area contributed by atoms with Gasteiger partial charge < -0.3 is 5.11 Å². The van der Waals surface area contributed by atoms with Gasteiger partial charge in [-0.15, -0.1) is 11.3 Å². The summed E-state index contributed by atoms with van der Waals surface area (Å²) >= 11 is 1.60. The number of carboxylic acids is 1. The molecule has 0 saturated carbocycles. The van der Waals surface area contributed by atoms with E-state index in [4.69, 9.17) is 5.11 Å². The van der Waals surface area contributed by atoms with Gasteiger partial charge in [-0.05, 0) is 31.7 Å². The zero-order valence-corrected chi connectivity index (χ0v) is 8.02. The second-order valence-corrected chi connectivity index (χ2v) is 4.48. The van der Waals surface area contributed by atoms with Crippen LogP contribution in [0.2, 0.25) is 0 Å². The standard InChI is InChI=1S/C9H12O2S/c1-9(2,8(10)11)6-7-4-3-5-12-7/h3-5H,6H2,1-2H3,(H,10,11). The summed E-state index contributed by atoms with van der Waals surface area (Å²) < 4.78 is 0. The third-order valence-electron chi connectivity index (χ3n) is 1.78. The lowest BCUT2D eigenvalue weighted by molar-refractivity contribution is -0.146. The number of rotatable bonds is 3. The normalized spacial score (nSPS) is 11.5. The highest BCUT2D eigenvalue weighted by Gasteiger charge is 2.27. The zero-order chi connectivity index (χ0) is 9.19. The number of carboxylic acid groups (broad SMARTS) is 1. The molecule has 0 amide bonds. The Morgan fingerprint density at radius 3 is 2.75 bits per heavy atom. The van der Waals surface area contributed by atoms with E-state index in [2.05, 4.69) is 0 Å². The Balaban J connectivity index is 2.69. The van der Waals surface area contributed by atoms with E-state index < -0.39 is 11.4 Å². The lowest BCUT2D eigenvalue weighted by Crippen LogP contribution is -2.25. The molecule has 66 valence electrons. The van der Waals surface area contributed by atoms with Crippen LogP contribution in [-0.4, -0.2) is 11.1 Å². The van der Waals surface area contributed by atoms with Crippen molar-refractivity contribution in [1.29, 1.82) is 0 Å². The van der Waals surface area contributed by atoms with Gasteiger partial charge in [-0.2, -0.15) is 0 Å². The van der Waals surface area contributed by atoms with Gasteiger partial charge in [-0.3, -0.25) is 4.79 Å². The quantitative estimate of drug-likeness (QED) is 0.783. The first-order chi connectivity index (χ1) is 5.52. The van der Waals surface area contributed by atoms with Crippen molar-refractivity contribution < 1.29 is 9.90 Å². The van der Waals surface area contributed by atoms with Crippen molar-refractivity contribution in [2.75, 3.05) is 0 Å². The molecule has 0 saturated heterocycles. The van der Waals surface area contributed by atoms with E-state index in [1.54, 1.807) is 25.2 Å². The Labute approximate surface area is 75.9 Å². The van der Waals surface area contributed by atoms with Gasteiger partial charge in [0.05, 0.1) is 5.41 Å². The Hall–Kier alpha value is -0.830. The van der Waals surface area contributed by atoms with Gasteiger partial charge >= 0.3 is 5.97 Å². The molecule has 12 heavy (non-hydrogen) atoms. The zero-order valence-electron chi connectivity index (χ0n) is 7.20. The lowest BCUT2D eigenvalue weighted by atomic mass is 9.89. The van der Waals surface area contributed by atoms with Gasteiger partial charge in [0.15, 0.2) is 0 Å². The lowest BCUT2D eigenvalue weighted by Gasteiger charge is -2.17. The van der Waals surface area contributed by atoms with Gasteiger partial charge in [0.2, 0.25) is 0 Å². The van der Waals surface area contributed by atoms with Crippen LogP contribution >= 0.6 is 11.3 Å². The van der Waals surface area contributed by atoms with Crippen LogP contribution < -0.4 is 0 Å². The summed E-state index contributed by atoms with van der Waals surface area (Å²) in [5, 5.41) is 10.8. The van der Waals surface area contributed by atoms with Crippen molar-refractivity contribution in [3.8, 4) is 0 Å². The van der Waals surface area contributed by atoms with Crippen LogP contribution in [0.3, 0.4) is 0 Å². The van der Waals surface area contributed by atoms with Crippen LogP contribution in [0.4, 0.5) is 0 Å². The molecule has 1 N–H and O–H groups in total. The van der Waals surface area contributed by atoms with E-state index in [0.29, 0.717) is 6.42 Å². The predicted molar refractivity (Wildman–Crippen MR) is 49.4 cm³/mol. The van der Waals surface area contributed by atoms with Crippen LogP contribution in [0, 0.1) is 5.41 Å². The summed E-state index contributed by atoms with van der Waals surface area (Å²) in [6.45, 7) is 3.49. The Kier molecular flexibility index (Phi) is 2.52. The minimum atomic E-state index is -0.740. The molecular formula is C9H12O2S. The van der Waals surface area contributed by atoms with E-state index in [1.807, 2.05) is 17.5 Å². The van der Waals surface area contributed by atoms with Crippen molar-refractivity contribution in [2.24, 2.45) is 5.41 Å². The molecule has 0 fully saturated rings. The highest BCUT2D eigenvalue weighted by Crippen LogP contribution is 2.24. The Morgan fingerprint density at radius 1 is 1.67 bits per heavy atom. The monoisotopic (exact) mass is 184 g/mol. The van der Waals surface area contributed by atoms with E-state index in [-0.39, 0.29) is 0 Å². The van der Waals surface area contributed by atoms with Crippen LogP contribution in [0.5, 0.6) is 0 Å². The first-order valence-electron chi connectivity index (χ1n) is 3.78. The third kappa shape index (κ3) is 2.08. The average Bonchev–Trinajstić information content (AvgIpc) is 2.38. The largest absolute Gasteiger partial charge is 0.481 e. The average molecular weight is 184 g/mol. The summed E-state index contributed by atoms with van der Waals surface area (Å²) in [7, 11) is 0. The third-order valence-corrected chi connectivity index (χ3v) is 2.65. The predicted octanol–water partition coefficient (Wildman–Crippen LogP) is 2.40. The summed E-state index contributed by atoms with van der Waals surface area (Å²) in [6.07, 6.45) is 0.611. The second kappa shape index (κ2) is 3.27. The molecule has 0 bridgehead atoms. The molecule has 0 unspecified atom stereocenters. The highest BCUT2D eigenvalue weighted by atomic mass is 32.1. The molecule has 2 nitrogen and oxygen atoms in total. The fourth-order valence-corrected chi connectivity index (χ4v) is 1.86. The molecule has 1 heterocycles. The van der Waals surface area contributed by atoms with Crippen LogP contribution in [0.25, 0.3) is 0 Å². The topological polar surface area (TPSA) is 37.3 Å². The van der Waals surface area contributed by atoms with Crippen molar-refractivity contribution >= 4 is 17.3 Å². The number of carbonyl (C=O) groups is 1. The maximum Gasteiger partial charge on any atom is 0.309 e. The molecule has 3 heteroatoms. The minimum absolute atomic E-state index is 0.611. The van der Waals surface area contributed by atoms with Crippen LogP contribution in [-0.2, 0) is 11.2 Å². The molecule has 0 aliphatic carbocycles. The fourth-order valence-electron chi connectivity index (χ4n) is 0.924. The second-order valence-electron chi connectivity index (χ2n) is 3.45. The molecule has 0 spiro atoms. The van der Waals surface area contributed by atoms with Crippen molar-refractivity contribution in [2.45, 2.75) is 20.3 Å². The molecular weight excluding hydrogens is 172 g/mol. The first kappa shape index (κ1) is 9.26. The molecule has 1 rings (SSSR count). The van der Waals surface area contributed by atoms with E-state index >= 15 is 0 Å². The van der Waals surface area contributed by atoms with Gasteiger partial charge in [0, 0.05) is 4.88 Å². The van der Waals surface area contributed by atoms with E-state index in [1.165, 1.54) is 0 Å². The van der Waals surface area contributed by atoms with Gasteiger partial charge in [-0.1, -0.05) is 6.07 Å². The summed E-state index contributed by atoms with van der Waals surface area (Å²) in [6, 6.07) is 3.91.